The molecule has 94 valence electrons. The van der Waals surface area contributed by atoms with Gasteiger partial charge in [-0.15, -0.1) is 0 Å². The van der Waals surface area contributed by atoms with Gasteiger partial charge in [0.05, 0.1) is 7.11 Å². The summed E-state index contributed by atoms with van der Waals surface area (Å²) in [4.78, 5) is 2.45. The van der Waals surface area contributed by atoms with Gasteiger partial charge in [-0.3, -0.25) is 4.90 Å². The van der Waals surface area contributed by atoms with Crippen LogP contribution < -0.4 is 10.5 Å². The lowest BCUT2D eigenvalue weighted by Crippen LogP contribution is -2.23. The van der Waals surface area contributed by atoms with Crippen molar-refractivity contribution in [2.75, 3.05) is 26.7 Å². The number of rotatable bonds is 4. The van der Waals surface area contributed by atoms with E-state index in [9.17, 15) is 0 Å². The van der Waals surface area contributed by atoms with Crippen LogP contribution >= 0.6 is 15.9 Å². The maximum Gasteiger partial charge on any atom is 0.123 e. The molecule has 0 aromatic heterocycles. The zero-order chi connectivity index (χ0) is 12.3. The zero-order valence-electron chi connectivity index (χ0n) is 10.2. The molecule has 3 nitrogen and oxygen atoms in total. The molecule has 1 aromatic rings. The summed E-state index contributed by atoms with van der Waals surface area (Å²) in [6.07, 6.45) is 1.22. The summed E-state index contributed by atoms with van der Waals surface area (Å²) in [6, 6.07) is 6.15. The van der Waals surface area contributed by atoms with Crippen molar-refractivity contribution in [1.82, 2.24) is 4.90 Å². The van der Waals surface area contributed by atoms with E-state index in [-0.39, 0.29) is 0 Å². The van der Waals surface area contributed by atoms with Crippen LogP contribution in [0.3, 0.4) is 0 Å². The molecule has 0 aliphatic carbocycles. The lowest BCUT2D eigenvalue weighted by molar-refractivity contribution is 0.309. The van der Waals surface area contributed by atoms with Gasteiger partial charge in [0.2, 0.25) is 0 Å². The van der Waals surface area contributed by atoms with Gasteiger partial charge in [-0.1, -0.05) is 15.9 Å². The Balaban J connectivity index is 2.05. The van der Waals surface area contributed by atoms with Crippen molar-refractivity contribution in [3.05, 3.63) is 28.2 Å². The van der Waals surface area contributed by atoms with E-state index in [2.05, 4.69) is 26.9 Å². The molecule has 2 N–H and O–H groups in total. The van der Waals surface area contributed by atoms with Crippen LogP contribution in [0.1, 0.15) is 12.0 Å². The summed E-state index contributed by atoms with van der Waals surface area (Å²) in [7, 11) is 1.72. The Labute approximate surface area is 111 Å². The molecule has 1 atom stereocenters. The van der Waals surface area contributed by atoms with E-state index in [0.29, 0.717) is 5.92 Å². The second kappa shape index (κ2) is 5.85. The van der Waals surface area contributed by atoms with Crippen molar-refractivity contribution in [3.63, 3.8) is 0 Å². The highest BCUT2D eigenvalue weighted by atomic mass is 79.9. The van der Waals surface area contributed by atoms with Crippen molar-refractivity contribution < 1.29 is 4.74 Å². The number of nitrogens with two attached hydrogens (primary N) is 1. The maximum atomic E-state index is 5.71. The zero-order valence-corrected chi connectivity index (χ0v) is 11.7. The molecule has 2 rings (SSSR count). The Morgan fingerprint density at radius 2 is 2.35 bits per heavy atom. The predicted octanol–water partition coefficient (Wildman–Crippen LogP) is 2.24. The minimum absolute atomic E-state index is 0.660. The van der Waals surface area contributed by atoms with Gasteiger partial charge < -0.3 is 10.5 Å². The summed E-state index contributed by atoms with van der Waals surface area (Å²) in [5, 5.41) is 0. The molecular weight excluding hydrogens is 280 g/mol. The number of halogens is 1. The van der Waals surface area contributed by atoms with Gasteiger partial charge in [0.25, 0.3) is 0 Å². The average molecular weight is 299 g/mol. The molecule has 1 aliphatic rings. The molecular formula is C13H19BrN2O. The molecule has 0 amide bonds. The number of hydrogen-bond donors (Lipinski definition) is 1. The van der Waals surface area contributed by atoms with Crippen LogP contribution in [0.4, 0.5) is 0 Å². The quantitative estimate of drug-likeness (QED) is 0.926. The molecule has 17 heavy (non-hydrogen) atoms. The van der Waals surface area contributed by atoms with Gasteiger partial charge in [-0.2, -0.15) is 0 Å². The Bertz CT molecular complexity index is 384. The molecule has 1 unspecified atom stereocenters. The third-order valence-corrected chi connectivity index (χ3v) is 3.83. The molecule has 0 radical (unpaired) electrons. The fourth-order valence-electron chi connectivity index (χ4n) is 2.36. The maximum absolute atomic E-state index is 5.71. The standard InChI is InChI=1S/C13H19BrN2O/c1-17-13-3-2-12(14)6-11(13)9-16-5-4-10(7-15)8-16/h2-3,6,10H,4-5,7-9,15H2,1H3. The fraction of sp³-hybridized carbons (Fsp3) is 0.538. The summed E-state index contributed by atoms with van der Waals surface area (Å²) in [5.41, 5.74) is 6.95. The SMILES string of the molecule is COc1ccc(Br)cc1CN1CCC(CN)C1. The number of likely N-dealkylation sites (tertiary alicyclic amines) is 1. The van der Waals surface area contributed by atoms with Crippen LogP contribution in [0.15, 0.2) is 22.7 Å². The van der Waals surface area contributed by atoms with Gasteiger partial charge in [0, 0.05) is 23.1 Å². The molecule has 1 aliphatic heterocycles. The third-order valence-electron chi connectivity index (χ3n) is 3.34. The van der Waals surface area contributed by atoms with E-state index in [1.165, 1.54) is 12.0 Å². The monoisotopic (exact) mass is 298 g/mol. The highest BCUT2D eigenvalue weighted by Crippen LogP contribution is 2.26. The Kier molecular flexibility index (Phi) is 4.42. The van der Waals surface area contributed by atoms with Crippen molar-refractivity contribution in [2.24, 2.45) is 11.7 Å². The van der Waals surface area contributed by atoms with Gasteiger partial charge in [-0.25, -0.2) is 0 Å². The van der Waals surface area contributed by atoms with E-state index in [4.69, 9.17) is 10.5 Å². The second-order valence-corrected chi connectivity index (χ2v) is 5.50. The number of benzene rings is 1. The molecule has 1 heterocycles. The van der Waals surface area contributed by atoms with Crippen LogP contribution in [0.5, 0.6) is 5.75 Å². The normalized spacial score (nSPS) is 20.8. The molecule has 0 saturated carbocycles. The lowest BCUT2D eigenvalue weighted by atomic mass is 10.1. The largest absolute Gasteiger partial charge is 0.496 e. The van der Waals surface area contributed by atoms with Gasteiger partial charge in [0.15, 0.2) is 0 Å². The number of hydrogen-bond acceptors (Lipinski definition) is 3. The predicted molar refractivity (Wildman–Crippen MR) is 73.1 cm³/mol. The van der Waals surface area contributed by atoms with E-state index < -0.39 is 0 Å². The molecule has 1 aromatic carbocycles. The molecule has 4 heteroatoms. The van der Waals surface area contributed by atoms with Crippen molar-refractivity contribution in [1.29, 1.82) is 0 Å². The number of methoxy groups -OCH3 is 1. The third kappa shape index (κ3) is 3.21. The molecule has 0 spiro atoms. The van der Waals surface area contributed by atoms with Crippen molar-refractivity contribution >= 4 is 15.9 Å². The highest BCUT2D eigenvalue weighted by molar-refractivity contribution is 9.10. The van der Waals surface area contributed by atoms with Gasteiger partial charge in [0.1, 0.15) is 5.75 Å². The first-order chi connectivity index (χ1) is 8.22. The minimum Gasteiger partial charge on any atom is -0.496 e. The van der Waals surface area contributed by atoms with Crippen molar-refractivity contribution in [3.8, 4) is 5.75 Å². The minimum atomic E-state index is 0.660. The van der Waals surface area contributed by atoms with Gasteiger partial charge in [-0.05, 0) is 43.6 Å². The first kappa shape index (κ1) is 12.9. The van der Waals surface area contributed by atoms with Crippen LogP contribution in [0.2, 0.25) is 0 Å². The lowest BCUT2D eigenvalue weighted by Gasteiger charge is -2.18. The number of nitrogens with zero attached hydrogens (tertiary/aromatic N) is 1. The topological polar surface area (TPSA) is 38.5 Å². The second-order valence-electron chi connectivity index (χ2n) is 4.58. The van der Waals surface area contributed by atoms with Crippen LogP contribution in [-0.4, -0.2) is 31.6 Å². The Hall–Kier alpha value is -0.580. The summed E-state index contributed by atoms with van der Waals surface area (Å²) in [5.74, 6) is 1.62. The van der Waals surface area contributed by atoms with E-state index in [1.807, 2.05) is 12.1 Å². The summed E-state index contributed by atoms with van der Waals surface area (Å²) < 4.78 is 6.49. The highest BCUT2D eigenvalue weighted by Gasteiger charge is 2.21. The van der Waals surface area contributed by atoms with Gasteiger partial charge >= 0.3 is 0 Å². The molecule has 1 saturated heterocycles. The molecule has 0 bridgehead atoms. The number of ether oxygens (including phenoxy) is 1. The smallest absolute Gasteiger partial charge is 0.123 e. The summed E-state index contributed by atoms with van der Waals surface area (Å²) >= 11 is 3.51. The first-order valence-electron chi connectivity index (χ1n) is 5.97. The average Bonchev–Trinajstić information content (AvgIpc) is 2.77. The van der Waals surface area contributed by atoms with Crippen LogP contribution in [-0.2, 0) is 6.54 Å². The Morgan fingerprint density at radius 1 is 1.53 bits per heavy atom. The first-order valence-corrected chi connectivity index (χ1v) is 6.77. The van der Waals surface area contributed by atoms with E-state index in [1.54, 1.807) is 7.11 Å². The van der Waals surface area contributed by atoms with Crippen LogP contribution in [0.25, 0.3) is 0 Å². The molecule has 1 fully saturated rings. The fourth-order valence-corrected chi connectivity index (χ4v) is 2.77. The van der Waals surface area contributed by atoms with E-state index in [0.717, 1.165) is 36.4 Å². The van der Waals surface area contributed by atoms with E-state index >= 15 is 0 Å². The summed E-state index contributed by atoms with van der Waals surface area (Å²) in [6.45, 7) is 3.98. The Morgan fingerprint density at radius 3 is 3.00 bits per heavy atom. The van der Waals surface area contributed by atoms with Crippen LogP contribution in [0, 0.1) is 5.92 Å². The van der Waals surface area contributed by atoms with Crippen molar-refractivity contribution in [2.45, 2.75) is 13.0 Å².